The fourth-order valence-corrected chi connectivity index (χ4v) is 2.81. The summed E-state index contributed by atoms with van der Waals surface area (Å²) in [4.78, 5) is 5.24. The Morgan fingerprint density at radius 3 is 2.54 bits per heavy atom. The molecule has 2 rings (SSSR count). The molecule has 2 heterocycles. The molecule has 0 spiro atoms. The highest BCUT2D eigenvalue weighted by Crippen LogP contribution is 2.38. The first-order valence-corrected chi connectivity index (χ1v) is 5.37. The Balaban J connectivity index is 2.39. The first-order valence-electron chi connectivity index (χ1n) is 3.76. The summed E-state index contributed by atoms with van der Waals surface area (Å²) in [5, 5.41) is 0. The molecule has 0 fully saturated rings. The lowest BCUT2D eigenvalue weighted by atomic mass is 10.2. The van der Waals surface area contributed by atoms with Gasteiger partial charge in [0.1, 0.15) is 17.4 Å². The van der Waals surface area contributed by atoms with Gasteiger partial charge >= 0.3 is 0 Å². The Labute approximate surface area is 88.5 Å². The topological polar surface area (TPSA) is 31.4 Å². The van der Waals surface area contributed by atoms with Crippen LogP contribution in [0.4, 0.5) is 0 Å². The molecular weight excluding hydrogens is 254 g/mol. The van der Waals surface area contributed by atoms with Crippen molar-refractivity contribution >= 4 is 27.3 Å². The summed E-state index contributed by atoms with van der Waals surface area (Å²) in [7, 11) is 0. The molecule has 1 aliphatic rings. The lowest BCUT2D eigenvalue weighted by Gasteiger charge is -2.21. The Kier molecular flexibility index (Phi) is 2.08. The number of hydrogen-bond donors (Lipinski definition) is 0. The Morgan fingerprint density at radius 2 is 2.08 bits per heavy atom. The first kappa shape index (κ1) is 9.02. The molecule has 0 saturated carbocycles. The van der Waals surface area contributed by atoms with Crippen LogP contribution in [0, 0.1) is 6.92 Å². The molecule has 0 aliphatic carbocycles. The lowest BCUT2D eigenvalue weighted by molar-refractivity contribution is -0.130. The number of hydrogen-bond acceptors (Lipinski definition) is 4. The van der Waals surface area contributed by atoms with Gasteiger partial charge in [0.05, 0.1) is 5.69 Å². The third-order valence-electron chi connectivity index (χ3n) is 1.82. The highest BCUT2D eigenvalue weighted by molar-refractivity contribution is 9.11. The third kappa shape index (κ3) is 1.46. The molecule has 0 radical (unpaired) electrons. The largest absolute Gasteiger partial charge is 0.452 e. The van der Waals surface area contributed by atoms with Crippen LogP contribution in [0.15, 0.2) is 16.4 Å². The zero-order chi connectivity index (χ0) is 9.47. The second-order valence-electron chi connectivity index (χ2n) is 2.83. The monoisotopic (exact) mass is 261 g/mol. The summed E-state index contributed by atoms with van der Waals surface area (Å²) in [5.74, 6) is -0.687. The maximum absolute atomic E-state index is 5.37. The number of rotatable bonds is 1. The molecule has 0 N–H and O–H groups in total. The van der Waals surface area contributed by atoms with Gasteiger partial charge in [-0.3, -0.25) is 0 Å². The van der Waals surface area contributed by atoms with Crippen LogP contribution < -0.4 is 0 Å². The summed E-state index contributed by atoms with van der Waals surface area (Å²) in [6.07, 6.45) is 3.10. The van der Waals surface area contributed by atoms with Crippen molar-refractivity contribution in [3.05, 3.63) is 27.0 Å². The number of nitrogens with zero attached hydrogens (tertiary/aromatic N) is 1. The minimum atomic E-state index is -0.687. The van der Waals surface area contributed by atoms with Gasteiger partial charge in [0.2, 0.25) is 0 Å². The zero-order valence-electron chi connectivity index (χ0n) is 7.20. The standard InChI is InChI=1S/C8H8BrNO2S/c1-5-6(13-7(9)10-5)8(2)11-3-4-12-8/h3-4H,1-2H3. The van der Waals surface area contributed by atoms with E-state index in [0.29, 0.717) is 0 Å². The number of aromatic nitrogens is 1. The summed E-state index contributed by atoms with van der Waals surface area (Å²) >= 11 is 4.86. The van der Waals surface area contributed by atoms with E-state index in [0.717, 1.165) is 14.5 Å². The van der Waals surface area contributed by atoms with E-state index in [1.807, 2.05) is 13.8 Å². The molecule has 70 valence electrons. The fourth-order valence-electron chi connectivity index (χ4n) is 1.23. The van der Waals surface area contributed by atoms with Gasteiger partial charge in [-0.1, -0.05) is 0 Å². The molecule has 0 amide bonds. The van der Waals surface area contributed by atoms with Crippen LogP contribution in [0.2, 0.25) is 0 Å². The number of halogens is 1. The van der Waals surface area contributed by atoms with Crippen molar-refractivity contribution in [2.24, 2.45) is 0 Å². The molecule has 3 nitrogen and oxygen atoms in total. The van der Waals surface area contributed by atoms with Crippen molar-refractivity contribution in [2.75, 3.05) is 0 Å². The average molecular weight is 262 g/mol. The Morgan fingerprint density at radius 1 is 1.46 bits per heavy atom. The van der Waals surface area contributed by atoms with Crippen molar-refractivity contribution in [1.29, 1.82) is 0 Å². The van der Waals surface area contributed by atoms with Crippen molar-refractivity contribution in [1.82, 2.24) is 4.98 Å². The van der Waals surface area contributed by atoms with E-state index in [1.165, 1.54) is 11.3 Å². The highest BCUT2D eigenvalue weighted by atomic mass is 79.9. The van der Waals surface area contributed by atoms with Gasteiger partial charge in [0.15, 0.2) is 3.92 Å². The molecular formula is C8H8BrNO2S. The Bertz CT molecular complexity index is 353. The molecule has 0 aromatic carbocycles. The van der Waals surface area contributed by atoms with Gasteiger partial charge in [-0.15, -0.1) is 11.3 Å². The molecule has 1 aromatic rings. The molecule has 0 bridgehead atoms. The van der Waals surface area contributed by atoms with Crippen LogP contribution in [0.3, 0.4) is 0 Å². The second-order valence-corrected chi connectivity index (χ2v) is 5.11. The summed E-state index contributed by atoms with van der Waals surface area (Å²) in [6, 6.07) is 0. The van der Waals surface area contributed by atoms with E-state index >= 15 is 0 Å². The van der Waals surface area contributed by atoms with E-state index in [-0.39, 0.29) is 0 Å². The molecule has 5 heteroatoms. The molecule has 0 unspecified atom stereocenters. The summed E-state index contributed by atoms with van der Waals surface area (Å²) < 4.78 is 11.6. The maximum Gasteiger partial charge on any atom is 0.284 e. The van der Waals surface area contributed by atoms with Gasteiger partial charge in [-0.2, -0.15) is 0 Å². The summed E-state index contributed by atoms with van der Waals surface area (Å²) in [6.45, 7) is 3.81. The van der Waals surface area contributed by atoms with Crippen LogP contribution >= 0.6 is 27.3 Å². The highest BCUT2D eigenvalue weighted by Gasteiger charge is 2.36. The molecule has 0 saturated heterocycles. The van der Waals surface area contributed by atoms with Crippen LogP contribution in [0.25, 0.3) is 0 Å². The minimum absolute atomic E-state index is 0.687. The number of ether oxygens (including phenoxy) is 2. The SMILES string of the molecule is Cc1nc(Br)sc1C1(C)OC=CO1. The summed E-state index contributed by atoms with van der Waals surface area (Å²) in [5.41, 5.74) is 0.933. The average Bonchev–Trinajstić information content (AvgIpc) is 2.59. The fraction of sp³-hybridized carbons (Fsp3) is 0.375. The molecule has 13 heavy (non-hydrogen) atoms. The normalized spacial score (nSPS) is 18.4. The van der Waals surface area contributed by atoms with E-state index in [2.05, 4.69) is 20.9 Å². The van der Waals surface area contributed by atoms with E-state index in [1.54, 1.807) is 12.5 Å². The quantitative estimate of drug-likeness (QED) is 0.779. The van der Waals surface area contributed by atoms with Crippen LogP contribution in [0.5, 0.6) is 0 Å². The van der Waals surface area contributed by atoms with Gasteiger partial charge in [-0.05, 0) is 22.9 Å². The van der Waals surface area contributed by atoms with Gasteiger partial charge in [-0.25, -0.2) is 4.98 Å². The van der Waals surface area contributed by atoms with Crippen molar-refractivity contribution in [3.8, 4) is 0 Å². The predicted molar refractivity (Wildman–Crippen MR) is 53.2 cm³/mol. The van der Waals surface area contributed by atoms with Crippen LogP contribution in [-0.4, -0.2) is 4.98 Å². The van der Waals surface area contributed by atoms with Crippen molar-refractivity contribution in [3.63, 3.8) is 0 Å². The van der Waals surface area contributed by atoms with Gasteiger partial charge in [0.25, 0.3) is 5.79 Å². The first-order chi connectivity index (χ1) is 6.12. The van der Waals surface area contributed by atoms with Crippen LogP contribution in [-0.2, 0) is 15.3 Å². The maximum atomic E-state index is 5.37. The third-order valence-corrected chi connectivity index (χ3v) is 3.62. The van der Waals surface area contributed by atoms with E-state index < -0.39 is 5.79 Å². The second kappa shape index (κ2) is 2.99. The number of thiazole rings is 1. The van der Waals surface area contributed by atoms with E-state index in [9.17, 15) is 0 Å². The van der Waals surface area contributed by atoms with E-state index in [4.69, 9.17) is 9.47 Å². The van der Waals surface area contributed by atoms with Gasteiger partial charge in [0, 0.05) is 6.92 Å². The minimum Gasteiger partial charge on any atom is -0.452 e. The predicted octanol–water partition coefficient (Wildman–Crippen LogP) is 2.90. The van der Waals surface area contributed by atoms with Gasteiger partial charge < -0.3 is 9.47 Å². The molecule has 1 aromatic heterocycles. The van der Waals surface area contributed by atoms with Crippen molar-refractivity contribution < 1.29 is 9.47 Å². The number of aryl methyl sites for hydroxylation is 1. The Hall–Kier alpha value is -0.550. The van der Waals surface area contributed by atoms with Crippen molar-refractivity contribution in [2.45, 2.75) is 19.6 Å². The molecule has 0 atom stereocenters. The smallest absolute Gasteiger partial charge is 0.284 e. The molecule has 1 aliphatic heterocycles. The van der Waals surface area contributed by atoms with Crippen LogP contribution in [0.1, 0.15) is 17.5 Å². The lowest BCUT2D eigenvalue weighted by Crippen LogP contribution is -2.21. The zero-order valence-corrected chi connectivity index (χ0v) is 9.61.